The van der Waals surface area contributed by atoms with Crippen molar-refractivity contribution in [1.82, 2.24) is 5.32 Å². The first-order chi connectivity index (χ1) is 8.43. The molecule has 2 nitrogen and oxygen atoms in total. The summed E-state index contributed by atoms with van der Waals surface area (Å²) in [7, 11) is 0. The summed E-state index contributed by atoms with van der Waals surface area (Å²) < 4.78 is 32.7. The molecule has 1 aromatic carbocycles. The normalized spacial score (nSPS) is 12.8. The van der Waals surface area contributed by atoms with Crippen LogP contribution in [0, 0.1) is 11.6 Å². The molecule has 1 atom stereocenters. The van der Waals surface area contributed by atoms with Gasteiger partial charge in [-0.05, 0) is 18.6 Å². The van der Waals surface area contributed by atoms with E-state index in [2.05, 4.69) is 21.2 Å². The van der Waals surface area contributed by atoms with Gasteiger partial charge in [-0.1, -0.05) is 36.7 Å². The number of rotatable bonds is 6. The zero-order valence-electron chi connectivity index (χ0n) is 10.8. The molecule has 0 bridgehead atoms. The average molecular weight is 322 g/mol. The van der Waals surface area contributed by atoms with Crippen LogP contribution >= 0.6 is 15.9 Å². The number of ether oxygens (including phenoxy) is 1. The van der Waals surface area contributed by atoms with E-state index >= 15 is 0 Å². The van der Waals surface area contributed by atoms with Crippen molar-refractivity contribution in [2.75, 3.05) is 6.54 Å². The third kappa shape index (κ3) is 4.53. The Kier molecular flexibility index (Phi) is 6.02. The molecule has 1 unspecified atom stereocenters. The molecule has 1 aromatic rings. The predicted molar refractivity (Wildman–Crippen MR) is 71.9 cm³/mol. The Hall–Kier alpha value is -0.680. The Bertz CT molecular complexity index is 399. The maximum Gasteiger partial charge on any atom is 0.200 e. The summed E-state index contributed by atoms with van der Waals surface area (Å²) in [5, 5.41) is 3.21. The van der Waals surface area contributed by atoms with E-state index in [1.165, 1.54) is 6.07 Å². The highest BCUT2D eigenvalue weighted by molar-refractivity contribution is 9.10. The standard InChI is InChI=1S/C13H18BrF2NO/c1-4-10(7-17-8(2)3)18-12-6-9(14)5-11(15)13(12)16/h5-6,8,10,17H,4,7H2,1-3H3. The van der Waals surface area contributed by atoms with Crippen molar-refractivity contribution < 1.29 is 13.5 Å². The number of hydrogen-bond donors (Lipinski definition) is 1. The van der Waals surface area contributed by atoms with Gasteiger partial charge in [-0.25, -0.2) is 4.39 Å². The zero-order chi connectivity index (χ0) is 13.7. The van der Waals surface area contributed by atoms with Gasteiger partial charge in [-0.15, -0.1) is 0 Å². The second kappa shape index (κ2) is 7.04. The molecule has 0 amide bonds. The Labute approximate surface area is 115 Å². The SMILES string of the molecule is CCC(CNC(C)C)Oc1cc(Br)cc(F)c1F. The van der Waals surface area contributed by atoms with E-state index in [1.807, 2.05) is 20.8 Å². The first-order valence-electron chi connectivity index (χ1n) is 5.98. The van der Waals surface area contributed by atoms with Gasteiger partial charge in [-0.3, -0.25) is 0 Å². The van der Waals surface area contributed by atoms with Crippen LogP contribution in [0.4, 0.5) is 8.78 Å². The van der Waals surface area contributed by atoms with Crippen LogP contribution in [0.1, 0.15) is 27.2 Å². The minimum Gasteiger partial charge on any atom is -0.486 e. The molecule has 0 fully saturated rings. The van der Waals surface area contributed by atoms with Crippen molar-refractivity contribution in [3.05, 3.63) is 28.2 Å². The third-order valence-corrected chi connectivity index (χ3v) is 2.92. The third-order valence-electron chi connectivity index (χ3n) is 2.46. The molecule has 0 aliphatic rings. The van der Waals surface area contributed by atoms with Crippen LogP contribution in [0.5, 0.6) is 5.75 Å². The summed E-state index contributed by atoms with van der Waals surface area (Å²) in [6.07, 6.45) is 0.531. The van der Waals surface area contributed by atoms with Gasteiger partial charge in [0.05, 0.1) is 0 Å². The van der Waals surface area contributed by atoms with E-state index in [1.54, 1.807) is 0 Å². The minimum absolute atomic E-state index is 0.0562. The Morgan fingerprint density at radius 3 is 2.56 bits per heavy atom. The highest BCUT2D eigenvalue weighted by Crippen LogP contribution is 2.26. The van der Waals surface area contributed by atoms with Gasteiger partial charge in [0, 0.05) is 17.1 Å². The molecule has 18 heavy (non-hydrogen) atoms. The van der Waals surface area contributed by atoms with Crippen LogP contribution in [-0.4, -0.2) is 18.7 Å². The molecule has 102 valence electrons. The van der Waals surface area contributed by atoms with Crippen LogP contribution in [0.3, 0.4) is 0 Å². The van der Waals surface area contributed by atoms with Crippen molar-refractivity contribution in [2.45, 2.75) is 39.3 Å². The molecule has 0 aromatic heterocycles. The van der Waals surface area contributed by atoms with Gasteiger partial charge in [0.2, 0.25) is 5.82 Å². The van der Waals surface area contributed by atoms with Gasteiger partial charge < -0.3 is 10.1 Å². The number of nitrogens with one attached hydrogen (secondary N) is 1. The minimum atomic E-state index is -0.943. The van der Waals surface area contributed by atoms with Crippen LogP contribution in [0.2, 0.25) is 0 Å². The zero-order valence-corrected chi connectivity index (χ0v) is 12.4. The van der Waals surface area contributed by atoms with Crippen molar-refractivity contribution in [1.29, 1.82) is 0 Å². The molecule has 0 aliphatic heterocycles. The molecule has 5 heteroatoms. The number of hydrogen-bond acceptors (Lipinski definition) is 2. The molecular weight excluding hydrogens is 304 g/mol. The van der Waals surface area contributed by atoms with Crippen LogP contribution in [0.25, 0.3) is 0 Å². The molecule has 0 saturated carbocycles. The first-order valence-corrected chi connectivity index (χ1v) is 6.78. The van der Waals surface area contributed by atoms with Crippen molar-refractivity contribution in [3.63, 3.8) is 0 Å². The lowest BCUT2D eigenvalue weighted by Gasteiger charge is -2.20. The van der Waals surface area contributed by atoms with Crippen molar-refractivity contribution in [2.24, 2.45) is 0 Å². The molecule has 0 heterocycles. The Morgan fingerprint density at radius 1 is 1.33 bits per heavy atom. The average Bonchev–Trinajstić information content (AvgIpc) is 2.30. The second-order valence-electron chi connectivity index (χ2n) is 4.41. The fourth-order valence-corrected chi connectivity index (χ4v) is 1.84. The Morgan fingerprint density at radius 2 is 2.00 bits per heavy atom. The van der Waals surface area contributed by atoms with Gasteiger partial charge in [0.1, 0.15) is 6.10 Å². The predicted octanol–water partition coefficient (Wildman–Crippen LogP) is 3.88. The summed E-state index contributed by atoms with van der Waals surface area (Å²) >= 11 is 3.12. The highest BCUT2D eigenvalue weighted by atomic mass is 79.9. The van der Waals surface area contributed by atoms with Crippen LogP contribution in [-0.2, 0) is 0 Å². The topological polar surface area (TPSA) is 21.3 Å². The van der Waals surface area contributed by atoms with Crippen molar-refractivity contribution in [3.8, 4) is 5.75 Å². The molecule has 0 radical (unpaired) electrons. The monoisotopic (exact) mass is 321 g/mol. The van der Waals surface area contributed by atoms with E-state index in [9.17, 15) is 8.78 Å². The summed E-state index contributed by atoms with van der Waals surface area (Å²) in [6, 6.07) is 2.85. The second-order valence-corrected chi connectivity index (χ2v) is 5.33. The van der Waals surface area contributed by atoms with Crippen LogP contribution < -0.4 is 10.1 Å². The fraction of sp³-hybridized carbons (Fsp3) is 0.538. The lowest BCUT2D eigenvalue weighted by Crippen LogP contribution is -2.35. The van der Waals surface area contributed by atoms with Gasteiger partial charge in [0.15, 0.2) is 11.6 Å². The molecule has 0 saturated heterocycles. The summed E-state index contributed by atoms with van der Waals surface area (Å²) in [6.45, 7) is 6.58. The molecule has 1 rings (SSSR count). The number of benzene rings is 1. The number of halogens is 3. The molecular formula is C13H18BrF2NO. The Balaban J connectivity index is 2.75. The molecule has 0 aliphatic carbocycles. The van der Waals surface area contributed by atoms with E-state index in [4.69, 9.17) is 4.74 Å². The summed E-state index contributed by atoms with van der Waals surface area (Å²) in [5.74, 6) is -1.91. The van der Waals surface area contributed by atoms with Crippen LogP contribution in [0.15, 0.2) is 16.6 Å². The lowest BCUT2D eigenvalue weighted by molar-refractivity contribution is 0.180. The molecule has 0 spiro atoms. The summed E-state index contributed by atoms with van der Waals surface area (Å²) in [4.78, 5) is 0. The van der Waals surface area contributed by atoms with E-state index in [0.29, 0.717) is 23.5 Å². The quantitative estimate of drug-likeness (QED) is 0.803. The fourth-order valence-electron chi connectivity index (χ4n) is 1.43. The maximum absolute atomic E-state index is 13.5. The van der Waals surface area contributed by atoms with Gasteiger partial charge in [0.25, 0.3) is 0 Å². The van der Waals surface area contributed by atoms with E-state index in [-0.39, 0.29) is 11.9 Å². The smallest absolute Gasteiger partial charge is 0.200 e. The molecule has 1 N–H and O–H groups in total. The lowest BCUT2D eigenvalue weighted by atomic mass is 10.2. The maximum atomic E-state index is 13.5. The summed E-state index contributed by atoms with van der Waals surface area (Å²) in [5.41, 5.74) is 0. The van der Waals surface area contributed by atoms with Crippen molar-refractivity contribution >= 4 is 15.9 Å². The van der Waals surface area contributed by atoms with E-state index in [0.717, 1.165) is 6.07 Å². The van der Waals surface area contributed by atoms with Gasteiger partial charge in [-0.2, -0.15) is 4.39 Å². The highest BCUT2D eigenvalue weighted by Gasteiger charge is 2.15. The van der Waals surface area contributed by atoms with E-state index < -0.39 is 11.6 Å². The van der Waals surface area contributed by atoms with Gasteiger partial charge >= 0.3 is 0 Å². The largest absolute Gasteiger partial charge is 0.486 e. The first kappa shape index (κ1) is 15.4.